The van der Waals surface area contributed by atoms with Crippen LogP contribution in [0.1, 0.15) is 39.0 Å². The first-order chi connectivity index (χ1) is 8.61. The molecule has 0 saturated carbocycles. The van der Waals surface area contributed by atoms with Crippen molar-refractivity contribution in [1.29, 1.82) is 0 Å². The summed E-state index contributed by atoms with van der Waals surface area (Å²) in [6.45, 7) is 4.05. The Labute approximate surface area is 108 Å². The van der Waals surface area contributed by atoms with Gasteiger partial charge in [-0.3, -0.25) is 0 Å². The molecule has 2 rings (SSSR count). The van der Waals surface area contributed by atoms with E-state index in [1.165, 1.54) is 6.42 Å². The molecule has 5 nitrogen and oxygen atoms in total. The Bertz CT molecular complexity index is 326. The van der Waals surface area contributed by atoms with E-state index in [-0.39, 0.29) is 11.9 Å². The van der Waals surface area contributed by atoms with E-state index in [2.05, 4.69) is 0 Å². The summed E-state index contributed by atoms with van der Waals surface area (Å²) in [6, 6.07) is -0.721. The number of nitrogens with zero attached hydrogens (tertiary/aromatic N) is 2. The second-order valence-corrected chi connectivity index (χ2v) is 5.43. The molecule has 0 aromatic rings. The maximum Gasteiger partial charge on any atom is 0.326 e. The van der Waals surface area contributed by atoms with E-state index in [0.717, 1.165) is 38.8 Å². The Balaban J connectivity index is 2.08. The Morgan fingerprint density at radius 1 is 1.06 bits per heavy atom. The van der Waals surface area contributed by atoms with Gasteiger partial charge in [0, 0.05) is 19.6 Å². The van der Waals surface area contributed by atoms with Crippen LogP contribution in [0.3, 0.4) is 0 Å². The topological polar surface area (TPSA) is 60.9 Å². The average Bonchev–Trinajstić information content (AvgIpc) is 2.38. The van der Waals surface area contributed by atoms with E-state index in [4.69, 9.17) is 0 Å². The van der Waals surface area contributed by atoms with Gasteiger partial charge in [0.1, 0.15) is 6.04 Å². The molecule has 2 amide bonds. The maximum atomic E-state index is 12.4. The number of carboxylic acids is 1. The van der Waals surface area contributed by atoms with E-state index < -0.39 is 12.0 Å². The highest BCUT2D eigenvalue weighted by atomic mass is 16.4. The Morgan fingerprint density at radius 2 is 1.72 bits per heavy atom. The van der Waals surface area contributed by atoms with Crippen molar-refractivity contribution >= 4 is 12.0 Å². The lowest BCUT2D eigenvalue weighted by molar-refractivity contribution is -0.145. The third-order valence-corrected chi connectivity index (χ3v) is 4.06. The van der Waals surface area contributed by atoms with Crippen molar-refractivity contribution in [3.8, 4) is 0 Å². The number of piperidine rings is 2. The second kappa shape index (κ2) is 5.59. The van der Waals surface area contributed by atoms with Crippen LogP contribution in [0.15, 0.2) is 0 Å². The van der Waals surface area contributed by atoms with Gasteiger partial charge >= 0.3 is 12.0 Å². The van der Waals surface area contributed by atoms with Crippen molar-refractivity contribution in [3.63, 3.8) is 0 Å². The quantitative estimate of drug-likeness (QED) is 0.776. The summed E-state index contributed by atoms with van der Waals surface area (Å²) in [7, 11) is 0. The number of urea groups is 1. The van der Waals surface area contributed by atoms with Crippen LogP contribution in [0.5, 0.6) is 0 Å². The normalized spacial score (nSPS) is 29.2. The number of carbonyl (C=O) groups is 2. The molecule has 0 aliphatic carbocycles. The minimum Gasteiger partial charge on any atom is -0.480 e. The van der Waals surface area contributed by atoms with E-state index >= 15 is 0 Å². The standard InChI is InChI=1S/C13H22N2O3/c1-10-6-5-9-15(11(10)12(16)17)13(18)14-7-3-2-4-8-14/h10-11H,2-9H2,1H3,(H,16,17). The zero-order valence-electron chi connectivity index (χ0n) is 11.0. The summed E-state index contributed by atoms with van der Waals surface area (Å²) >= 11 is 0. The predicted octanol–water partition coefficient (Wildman–Crippen LogP) is 1.78. The van der Waals surface area contributed by atoms with Crippen LogP contribution in [-0.2, 0) is 4.79 Å². The minimum absolute atomic E-state index is 0.0463. The van der Waals surface area contributed by atoms with Gasteiger partial charge in [-0.15, -0.1) is 0 Å². The molecule has 2 aliphatic heterocycles. The van der Waals surface area contributed by atoms with E-state index in [1.807, 2.05) is 11.8 Å². The Hall–Kier alpha value is -1.26. The number of amides is 2. The SMILES string of the molecule is CC1CCCN(C(=O)N2CCCCC2)C1C(=O)O. The number of hydrogen-bond acceptors (Lipinski definition) is 2. The van der Waals surface area contributed by atoms with Crippen molar-refractivity contribution in [3.05, 3.63) is 0 Å². The summed E-state index contributed by atoms with van der Waals surface area (Å²) in [5.74, 6) is -0.822. The number of aliphatic carboxylic acids is 1. The average molecular weight is 254 g/mol. The van der Waals surface area contributed by atoms with Gasteiger partial charge in [0.25, 0.3) is 0 Å². The second-order valence-electron chi connectivity index (χ2n) is 5.43. The zero-order valence-corrected chi connectivity index (χ0v) is 11.0. The Morgan fingerprint density at radius 3 is 2.33 bits per heavy atom. The van der Waals surface area contributed by atoms with Gasteiger partial charge in [0.2, 0.25) is 0 Å². The van der Waals surface area contributed by atoms with Crippen LogP contribution in [0.4, 0.5) is 4.79 Å². The molecule has 5 heteroatoms. The van der Waals surface area contributed by atoms with Crippen molar-refractivity contribution in [2.75, 3.05) is 19.6 Å². The molecule has 18 heavy (non-hydrogen) atoms. The predicted molar refractivity (Wildman–Crippen MR) is 67.3 cm³/mol. The van der Waals surface area contributed by atoms with E-state index in [0.29, 0.717) is 6.54 Å². The molecule has 0 aromatic carbocycles. The molecule has 2 aliphatic rings. The molecule has 2 fully saturated rings. The van der Waals surface area contributed by atoms with Crippen LogP contribution < -0.4 is 0 Å². The third-order valence-electron chi connectivity index (χ3n) is 4.06. The molecule has 2 saturated heterocycles. The zero-order chi connectivity index (χ0) is 13.1. The van der Waals surface area contributed by atoms with Crippen LogP contribution in [0.2, 0.25) is 0 Å². The summed E-state index contributed by atoms with van der Waals surface area (Å²) in [6.07, 6.45) is 5.04. The molecular formula is C13H22N2O3. The molecule has 2 heterocycles. The number of carbonyl (C=O) groups excluding carboxylic acids is 1. The maximum absolute atomic E-state index is 12.4. The van der Waals surface area contributed by atoms with Crippen LogP contribution >= 0.6 is 0 Å². The first-order valence-electron chi connectivity index (χ1n) is 6.89. The summed E-state index contributed by atoms with van der Waals surface area (Å²) in [5.41, 5.74) is 0. The first-order valence-corrected chi connectivity index (χ1v) is 6.89. The molecule has 2 unspecified atom stereocenters. The highest BCUT2D eigenvalue weighted by Crippen LogP contribution is 2.25. The molecular weight excluding hydrogens is 232 g/mol. The summed E-state index contributed by atoms with van der Waals surface area (Å²) in [4.78, 5) is 27.1. The highest BCUT2D eigenvalue weighted by molar-refractivity contribution is 5.83. The fourth-order valence-corrected chi connectivity index (χ4v) is 3.05. The molecule has 0 aromatic heterocycles. The van der Waals surface area contributed by atoms with E-state index in [9.17, 15) is 14.7 Å². The molecule has 0 bridgehead atoms. The fraction of sp³-hybridized carbons (Fsp3) is 0.846. The Kier molecular flexibility index (Phi) is 4.09. The lowest BCUT2D eigenvalue weighted by Gasteiger charge is -2.41. The monoisotopic (exact) mass is 254 g/mol. The first kappa shape index (κ1) is 13.2. The van der Waals surface area contributed by atoms with Gasteiger partial charge in [0.15, 0.2) is 0 Å². The fourth-order valence-electron chi connectivity index (χ4n) is 3.05. The minimum atomic E-state index is -0.868. The molecule has 2 atom stereocenters. The summed E-state index contributed by atoms with van der Waals surface area (Å²) in [5, 5.41) is 9.31. The van der Waals surface area contributed by atoms with Crippen molar-refractivity contribution in [2.45, 2.75) is 45.1 Å². The highest BCUT2D eigenvalue weighted by Gasteiger charge is 2.38. The number of carboxylic acid groups (broad SMARTS) is 1. The lowest BCUT2D eigenvalue weighted by atomic mass is 9.91. The number of rotatable bonds is 1. The molecule has 102 valence electrons. The smallest absolute Gasteiger partial charge is 0.326 e. The van der Waals surface area contributed by atoms with Gasteiger partial charge in [-0.25, -0.2) is 9.59 Å². The molecule has 1 N–H and O–H groups in total. The van der Waals surface area contributed by atoms with Crippen LogP contribution in [-0.4, -0.2) is 52.6 Å². The van der Waals surface area contributed by atoms with Crippen molar-refractivity contribution in [1.82, 2.24) is 9.80 Å². The van der Waals surface area contributed by atoms with Gasteiger partial charge < -0.3 is 14.9 Å². The lowest BCUT2D eigenvalue weighted by Crippen LogP contribution is -2.56. The number of likely N-dealkylation sites (tertiary alicyclic amines) is 2. The van der Waals surface area contributed by atoms with Gasteiger partial charge in [0.05, 0.1) is 0 Å². The van der Waals surface area contributed by atoms with Crippen LogP contribution in [0, 0.1) is 5.92 Å². The third kappa shape index (κ3) is 2.60. The summed E-state index contributed by atoms with van der Waals surface area (Å²) < 4.78 is 0. The largest absolute Gasteiger partial charge is 0.480 e. The van der Waals surface area contributed by atoms with Gasteiger partial charge in [-0.1, -0.05) is 6.92 Å². The van der Waals surface area contributed by atoms with Crippen LogP contribution in [0.25, 0.3) is 0 Å². The van der Waals surface area contributed by atoms with Gasteiger partial charge in [-0.05, 0) is 38.0 Å². The molecule has 0 radical (unpaired) electrons. The van der Waals surface area contributed by atoms with Gasteiger partial charge in [-0.2, -0.15) is 0 Å². The van der Waals surface area contributed by atoms with Crippen molar-refractivity contribution < 1.29 is 14.7 Å². The van der Waals surface area contributed by atoms with Crippen molar-refractivity contribution in [2.24, 2.45) is 5.92 Å². The molecule has 0 spiro atoms. The van der Waals surface area contributed by atoms with E-state index in [1.54, 1.807) is 4.90 Å². The number of hydrogen-bond donors (Lipinski definition) is 1.